The van der Waals surface area contributed by atoms with Crippen molar-refractivity contribution in [1.29, 1.82) is 0 Å². The molecule has 1 N–H and O–H groups in total. The van der Waals surface area contributed by atoms with Gasteiger partial charge >= 0.3 is 5.69 Å². The van der Waals surface area contributed by atoms with Gasteiger partial charge in [0.25, 0.3) is 0 Å². The molecule has 1 saturated carbocycles. The fourth-order valence-corrected chi connectivity index (χ4v) is 2.94. The summed E-state index contributed by atoms with van der Waals surface area (Å²) < 4.78 is 12.0. The molecule has 0 spiro atoms. The standard InChI is InChI=1S/C17H25ClN2O4/c1-23-14(12-21)7-9-20-11-15(18)16(19-17(20)22)24-10-8-13-5-3-2-4-6-13/h8,11,14,21H,2-7,9-10,12H2,1H3. The number of rotatable bonds is 8. The zero-order chi connectivity index (χ0) is 17.4. The Balaban J connectivity index is 1.94. The van der Waals surface area contributed by atoms with Crippen molar-refractivity contribution < 1.29 is 14.6 Å². The molecule has 1 aliphatic carbocycles. The highest BCUT2D eigenvalue weighted by Crippen LogP contribution is 2.23. The Bertz CT molecular complexity index is 603. The van der Waals surface area contributed by atoms with E-state index in [1.54, 1.807) is 0 Å². The van der Waals surface area contributed by atoms with E-state index in [0.29, 0.717) is 24.6 Å². The predicted octanol–water partition coefficient (Wildman–Crippen LogP) is 2.56. The molecule has 0 aliphatic heterocycles. The number of aliphatic hydroxyl groups is 1. The first-order chi connectivity index (χ1) is 11.6. The van der Waals surface area contributed by atoms with Gasteiger partial charge in [0.15, 0.2) is 0 Å². The lowest BCUT2D eigenvalue weighted by Crippen LogP contribution is -2.26. The molecule has 1 unspecified atom stereocenters. The molecule has 1 aromatic heterocycles. The van der Waals surface area contributed by atoms with E-state index in [0.717, 1.165) is 12.8 Å². The summed E-state index contributed by atoms with van der Waals surface area (Å²) in [7, 11) is 1.52. The zero-order valence-electron chi connectivity index (χ0n) is 14.0. The third-order valence-corrected chi connectivity index (χ3v) is 4.49. The van der Waals surface area contributed by atoms with E-state index in [2.05, 4.69) is 11.1 Å². The van der Waals surface area contributed by atoms with Crippen molar-refractivity contribution in [3.8, 4) is 5.88 Å². The van der Waals surface area contributed by atoms with Gasteiger partial charge in [0.1, 0.15) is 11.6 Å². The van der Waals surface area contributed by atoms with Gasteiger partial charge in [-0.05, 0) is 38.2 Å². The molecule has 0 amide bonds. The molecule has 1 aromatic rings. The summed E-state index contributed by atoms with van der Waals surface area (Å²) in [5.41, 5.74) is 0.979. The number of aliphatic hydroxyl groups excluding tert-OH is 1. The predicted molar refractivity (Wildman–Crippen MR) is 92.7 cm³/mol. The molecule has 1 aliphatic rings. The molecule has 6 nitrogen and oxygen atoms in total. The van der Waals surface area contributed by atoms with Crippen LogP contribution in [0.4, 0.5) is 0 Å². The Morgan fingerprint density at radius 1 is 1.42 bits per heavy atom. The summed E-state index contributed by atoms with van der Waals surface area (Å²) in [4.78, 5) is 15.9. The molecule has 0 bridgehead atoms. The largest absolute Gasteiger partial charge is 0.472 e. The van der Waals surface area contributed by atoms with Crippen LogP contribution in [0.25, 0.3) is 0 Å². The molecule has 134 valence electrons. The van der Waals surface area contributed by atoms with Crippen molar-refractivity contribution in [3.05, 3.63) is 33.4 Å². The van der Waals surface area contributed by atoms with Gasteiger partial charge in [-0.1, -0.05) is 23.6 Å². The molecule has 7 heteroatoms. The molecule has 1 heterocycles. The fourth-order valence-electron chi connectivity index (χ4n) is 2.73. The quantitative estimate of drug-likeness (QED) is 0.725. The molecule has 0 aromatic carbocycles. The van der Waals surface area contributed by atoms with Gasteiger partial charge in [-0.25, -0.2) is 4.79 Å². The van der Waals surface area contributed by atoms with Crippen LogP contribution in [0.5, 0.6) is 5.88 Å². The number of hydrogen-bond donors (Lipinski definition) is 1. The number of ether oxygens (including phenoxy) is 2. The summed E-state index contributed by atoms with van der Waals surface area (Å²) in [6.45, 7) is 0.652. The van der Waals surface area contributed by atoms with E-state index >= 15 is 0 Å². The number of methoxy groups -OCH3 is 1. The van der Waals surface area contributed by atoms with Crippen molar-refractivity contribution in [2.75, 3.05) is 20.3 Å². The smallest absolute Gasteiger partial charge is 0.350 e. The van der Waals surface area contributed by atoms with Gasteiger partial charge in [-0.15, -0.1) is 0 Å². The summed E-state index contributed by atoms with van der Waals surface area (Å²) >= 11 is 6.16. The number of hydrogen-bond acceptors (Lipinski definition) is 5. The van der Waals surface area contributed by atoms with Crippen molar-refractivity contribution in [3.63, 3.8) is 0 Å². The lowest BCUT2D eigenvalue weighted by Gasteiger charge is -2.14. The molecule has 1 fully saturated rings. The number of nitrogens with zero attached hydrogens (tertiary/aromatic N) is 2. The zero-order valence-corrected chi connectivity index (χ0v) is 14.8. The topological polar surface area (TPSA) is 73.6 Å². The highest BCUT2D eigenvalue weighted by molar-refractivity contribution is 6.31. The first-order valence-electron chi connectivity index (χ1n) is 8.35. The third-order valence-electron chi connectivity index (χ3n) is 4.23. The van der Waals surface area contributed by atoms with Crippen LogP contribution >= 0.6 is 11.6 Å². The fraction of sp³-hybridized carbons (Fsp3) is 0.647. The van der Waals surface area contributed by atoms with Crippen LogP contribution in [0.3, 0.4) is 0 Å². The monoisotopic (exact) mass is 356 g/mol. The van der Waals surface area contributed by atoms with E-state index in [9.17, 15) is 4.79 Å². The lowest BCUT2D eigenvalue weighted by atomic mass is 9.95. The van der Waals surface area contributed by atoms with Crippen LogP contribution in [-0.2, 0) is 11.3 Å². The van der Waals surface area contributed by atoms with Gasteiger partial charge < -0.3 is 14.6 Å². The molecule has 0 radical (unpaired) electrons. The van der Waals surface area contributed by atoms with Crippen LogP contribution < -0.4 is 10.4 Å². The molecular formula is C17H25ClN2O4. The average Bonchev–Trinajstić information content (AvgIpc) is 2.60. The van der Waals surface area contributed by atoms with Crippen LogP contribution in [0.2, 0.25) is 5.02 Å². The van der Waals surface area contributed by atoms with E-state index in [1.807, 2.05) is 0 Å². The Morgan fingerprint density at radius 3 is 2.83 bits per heavy atom. The highest BCUT2D eigenvalue weighted by Gasteiger charge is 2.11. The van der Waals surface area contributed by atoms with Crippen molar-refractivity contribution in [2.24, 2.45) is 0 Å². The van der Waals surface area contributed by atoms with E-state index in [1.165, 1.54) is 42.7 Å². The van der Waals surface area contributed by atoms with Gasteiger partial charge in [-0.3, -0.25) is 4.57 Å². The van der Waals surface area contributed by atoms with Gasteiger partial charge in [0, 0.05) is 19.9 Å². The lowest BCUT2D eigenvalue weighted by molar-refractivity contribution is 0.0401. The molecule has 1 atom stereocenters. The Morgan fingerprint density at radius 2 is 2.17 bits per heavy atom. The van der Waals surface area contributed by atoms with Crippen LogP contribution in [0, 0.1) is 0 Å². The molecule has 0 saturated heterocycles. The number of halogens is 1. The normalized spacial score (nSPS) is 16.0. The first kappa shape index (κ1) is 19.0. The van der Waals surface area contributed by atoms with Crippen LogP contribution in [0.15, 0.2) is 22.6 Å². The second kappa shape index (κ2) is 9.81. The summed E-state index contributed by atoms with van der Waals surface area (Å²) in [6.07, 6.45) is 9.77. The van der Waals surface area contributed by atoms with Crippen LogP contribution in [0.1, 0.15) is 38.5 Å². The Kier molecular flexibility index (Phi) is 7.75. The first-order valence-corrected chi connectivity index (χ1v) is 8.73. The molecule has 24 heavy (non-hydrogen) atoms. The van der Waals surface area contributed by atoms with Crippen molar-refractivity contribution >= 4 is 11.6 Å². The van der Waals surface area contributed by atoms with Crippen molar-refractivity contribution in [1.82, 2.24) is 9.55 Å². The second-order valence-corrected chi connectivity index (χ2v) is 6.34. The van der Waals surface area contributed by atoms with Crippen LogP contribution in [-0.4, -0.2) is 41.1 Å². The van der Waals surface area contributed by atoms with E-state index in [4.69, 9.17) is 26.2 Å². The minimum absolute atomic E-state index is 0.0950. The number of aromatic nitrogens is 2. The maximum absolute atomic E-state index is 12.0. The van der Waals surface area contributed by atoms with Gasteiger partial charge in [-0.2, -0.15) is 4.98 Å². The minimum Gasteiger partial charge on any atom is -0.472 e. The highest BCUT2D eigenvalue weighted by atomic mass is 35.5. The molecule has 2 rings (SSSR count). The summed E-state index contributed by atoms with van der Waals surface area (Å²) in [6, 6.07) is 0. The molecular weight excluding hydrogens is 332 g/mol. The summed E-state index contributed by atoms with van der Waals surface area (Å²) in [5, 5.41) is 9.40. The maximum Gasteiger partial charge on any atom is 0.350 e. The number of allylic oxidation sites excluding steroid dienone is 1. The second-order valence-electron chi connectivity index (χ2n) is 5.93. The van der Waals surface area contributed by atoms with E-state index < -0.39 is 5.69 Å². The minimum atomic E-state index is -0.424. The maximum atomic E-state index is 12.0. The summed E-state index contributed by atoms with van der Waals surface area (Å²) in [5.74, 6) is 0.163. The number of aryl methyl sites for hydroxylation is 1. The van der Waals surface area contributed by atoms with E-state index in [-0.39, 0.29) is 18.6 Å². The Labute approximate surface area is 147 Å². The third kappa shape index (κ3) is 5.61. The SMILES string of the molecule is COC(CO)CCn1cc(Cl)c(OCC=C2CCCCC2)nc1=O. The van der Waals surface area contributed by atoms with Gasteiger partial charge in [0.2, 0.25) is 5.88 Å². The van der Waals surface area contributed by atoms with Crippen molar-refractivity contribution in [2.45, 2.75) is 51.2 Å². The average molecular weight is 357 g/mol. The van der Waals surface area contributed by atoms with Gasteiger partial charge in [0.05, 0.1) is 12.7 Å². The Hall–Kier alpha value is -1.37.